The first-order valence-electron chi connectivity index (χ1n) is 2.45. The highest BCUT2D eigenvalue weighted by Gasteiger charge is 1.98. The lowest BCUT2D eigenvalue weighted by Crippen LogP contribution is -2.26. The van der Waals surface area contributed by atoms with Crippen LogP contribution in [0.3, 0.4) is 0 Å². The first-order valence-corrected chi connectivity index (χ1v) is 2.45. The lowest BCUT2D eigenvalue weighted by Gasteiger charge is -1.98. The minimum absolute atomic E-state index is 0.209. The van der Waals surface area contributed by atoms with Gasteiger partial charge in [-0.3, -0.25) is 4.79 Å². The number of methoxy groups -OCH3 is 1. The molecule has 0 atom stereocenters. The average Bonchev–Trinajstić information content (AvgIpc) is 1.85. The van der Waals surface area contributed by atoms with Crippen molar-refractivity contribution in [3.63, 3.8) is 0 Å². The smallest absolute Gasteiger partial charge is 0.328 e. The van der Waals surface area contributed by atoms with E-state index in [-0.39, 0.29) is 6.42 Å². The Balaban J connectivity index is 3.06. The molecule has 5 heteroatoms. The fourth-order valence-corrected chi connectivity index (χ4v) is 0.302. The normalized spacial score (nSPS) is 9.11. The zero-order chi connectivity index (χ0) is 7.11. The topological polar surface area (TPSA) is 73.6 Å². The molecule has 3 N–H and O–H groups in total. The Bertz CT molecular complexity index is 85.9. The molecule has 9 heavy (non-hydrogen) atoms. The molecule has 0 amide bonds. The van der Waals surface area contributed by atoms with Crippen LogP contribution in [-0.2, 0) is 14.4 Å². The maximum atomic E-state index is 10.4. The summed E-state index contributed by atoms with van der Waals surface area (Å²) in [6, 6.07) is 0. The molecule has 0 rings (SSSR count). The van der Waals surface area contributed by atoms with E-state index in [2.05, 4.69) is 15.4 Å². The molecular formula is C4H10N2O3. The Hall–Kier alpha value is -0.650. The van der Waals surface area contributed by atoms with Gasteiger partial charge in [-0.1, -0.05) is 5.59 Å². The zero-order valence-corrected chi connectivity index (χ0v) is 5.22. The van der Waals surface area contributed by atoms with Crippen molar-refractivity contribution in [1.82, 2.24) is 5.59 Å². The van der Waals surface area contributed by atoms with Gasteiger partial charge in [0.15, 0.2) is 0 Å². The molecule has 0 bridgehead atoms. The molecule has 0 aliphatic carbocycles. The first kappa shape index (κ1) is 8.35. The van der Waals surface area contributed by atoms with Crippen LogP contribution in [0, 0.1) is 0 Å². The summed E-state index contributed by atoms with van der Waals surface area (Å²) in [6.07, 6.45) is 0.209. The van der Waals surface area contributed by atoms with Crippen molar-refractivity contribution in [2.24, 2.45) is 5.84 Å². The highest BCUT2D eigenvalue weighted by Crippen LogP contribution is 1.81. The van der Waals surface area contributed by atoms with E-state index in [1.807, 2.05) is 0 Å². The second-order valence-corrected chi connectivity index (χ2v) is 1.33. The van der Waals surface area contributed by atoms with Gasteiger partial charge in [0.25, 0.3) is 0 Å². The van der Waals surface area contributed by atoms with E-state index in [9.17, 15) is 4.79 Å². The summed E-state index contributed by atoms with van der Waals surface area (Å²) in [4.78, 5) is 14.5. The van der Waals surface area contributed by atoms with Gasteiger partial charge in [-0.05, 0) is 0 Å². The van der Waals surface area contributed by atoms with Crippen LogP contribution >= 0.6 is 0 Å². The summed E-state index contributed by atoms with van der Waals surface area (Å²) >= 11 is 0. The molecule has 0 aromatic carbocycles. The van der Waals surface area contributed by atoms with Crippen molar-refractivity contribution < 1.29 is 14.4 Å². The van der Waals surface area contributed by atoms with E-state index in [0.717, 1.165) is 0 Å². The number of hydrogen-bond donors (Lipinski definition) is 2. The SMILES string of the molecule is COCCC(=O)ONN. The van der Waals surface area contributed by atoms with Crippen molar-refractivity contribution in [1.29, 1.82) is 0 Å². The van der Waals surface area contributed by atoms with Crippen molar-refractivity contribution in [3.8, 4) is 0 Å². The summed E-state index contributed by atoms with van der Waals surface area (Å²) < 4.78 is 4.59. The summed E-state index contributed by atoms with van der Waals surface area (Å²) in [7, 11) is 1.50. The summed E-state index contributed by atoms with van der Waals surface area (Å²) in [5.74, 6) is 4.24. The number of ether oxygens (including phenoxy) is 1. The van der Waals surface area contributed by atoms with E-state index >= 15 is 0 Å². The molecular weight excluding hydrogens is 124 g/mol. The van der Waals surface area contributed by atoms with Gasteiger partial charge in [-0.15, -0.1) is 0 Å². The van der Waals surface area contributed by atoms with Crippen LogP contribution in [0.5, 0.6) is 0 Å². The maximum absolute atomic E-state index is 10.4. The predicted molar refractivity (Wildman–Crippen MR) is 29.9 cm³/mol. The van der Waals surface area contributed by atoms with Gasteiger partial charge in [0, 0.05) is 7.11 Å². The third-order valence-corrected chi connectivity index (χ3v) is 0.683. The minimum atomic E-state index is -0.431. The van der Waals surface area contributed by atoms with E-state index in [4.69, 9.17) is 0 Å². The average molecular weight is 134 g/mol. The monoisotopic (exact) mass is 134 g/mol. The largest absolute Gasteiger partial charge is 0.384 e. The standard InChI is InChI=1S/C4H10N2O3/c1-8-3-2-4(7)9-6-5/h6H,2-3,5H2,1H3. The quantitative estimate of drug-likeness (QED) is 0.379. The number of rotatable bonds is 4. The van der Waals surface area contributed by atoms with Crippen molar-refractivity contribution in [2.45, 2.75) is 6.42 Å². The molecule has 0 aliphatic heterocycles. The van der Waals surface area contributed by atoms with E-state index in [0.29, 0.717) is 6.61 Å². The number of nitrogens with two attached hydrogens (primary N) is 1. The van der Waals surface area contributed by atoms with E-state index in [1.165, 1.54) is 7.11 Å². The Labute approximate surface area is 53.0 Å². The van der Waals surface area contributed by atoms with Crippen LogP contribution in [0.1, 0.15) is 6.42 Å². The molecule has 0 unspecified atom stereocenters. The highest BCUT2D eigenvalue weighted by atomic mass is 16.7. The lowest BCUT2D eigenvalue weighted by molar-refractivity contribution is -0.152. The Morgan fingerprint density at radius 3 is 2.89 bits per heavy atom. The van der Waals surface area contributed by atoms with Crippen molar-refractivity contribution >= 4 is 5.97 Å². The van der Waals surface area contributed by atoms with Gasteiger partial charge in [0.2, 0.25) is 0 Å². The minimum Gasteiger partial charge on any atom is -0.384 e. The molecule has 0 aliphatic rings. The number of hydrogen-bond acceptors (Lipinski definition) is 5. The van der Waals surface area contributed by atoms with Crippen LogP contribution in [0.15, 0.2) is 0 Å². The first-order chi connectivity index (χ1) is 4.31. The lowest BCUT2D eigenvalue weighted by atomic mass is 10.5. The Morgan fingerprint density at radius 2 is 2.44 bits per heavy atom. The molecule has 0 radical (unpaired) electrons. The summed E-state index contributed by atoms with van der Waals surface area (Å²) in [5.41, 5.74) is 1.77. The van der Waals surface area contributed by atoms with Crippen molar-refractivity contribution in [2.75, 3.05) is 13.7 Å². The third-order valence-electron chi connectivity index (χ3n) is 0.683. The third kappa shape index (κ3) is 5.22. The second kappa shape index (κ2) is 5.49. The van der Waals surface area contributed by atoms with Gasteiger partial charge in [0.05, 0.1) is 13.0 Å². The molecule has 0 heterocycles. The van der Waals surface area contributed by atoms with E-state index in [1.54, 1.807) is 5.59 Å². The molecule has 0 spiro atoms. The molecule has 0 saturated carbocycles. The van der Waals surface area contributed by atoms with Gasteiger partial charge in [0.1, 0.15) is 0 Å². The van der Waals surface area contributed by atoms with Gasteiger partial charge >= 0.3 is 5.97 Å². The van der Waals surface area contributed by atoms with Gasteiger partial charge in [-0.25, -0.2) is 5.84 Å². The highest BCUT2D eigenvalue weighted by molar-refractivity contribution is 5.68. The van der Waals surface area contributed by atoms with Crippen LogP contribution in [0.25, 0.3) is 0 Å². The van der Waals surface area contributed by atoms with Crippen molar-refractivity contribution in [3.05, 3.63) is 0 Å². The molecule has 54 valence electrons. The fraction of sp³-hybridized carbons (Fsp3) is 0.750. The van der Waals surface area contributed by atoms with Crippen LogP contribution < -0.4 is 11.4 Å². The van der Waals surface area contributed by atoms with E-state index < -0.39 is 5.97 Å². The predicted octanol–water partition coefficient (Wildman–Crippen LogP) is -1.06. The summed E-state index contributed by atoms with van der Waals surface area (Å²) in [5, 5.41) is 0. The van der Waals surface area contributed by atoms with Gasteiger partial charge in [-0.2, -0.15) is 0 Å². The Morgan fingerprint density at radius 1 is 1.78 bits per heavy atom. The fourth-order valence-electron chi connectivity index (χ4n) is 0.302. The zero-order valence-electron chi connectivity index (χ0n) is 5.22. The number of carbonyl (C=O) groups excluding carboxylic acids is 1. The van der Waals surface area contributed by atoms with Crippen LogP contribution in [0.2, 0.25) is 0 Å². The van der Waals surface area contributed by atoms with Gasteiger partial charge < -0.3 is 9.57 Å². The maximum Gasteiger partial charge on any atom is 0.328 e. The molecule has 0 fully saturated rings. The molecule has 0 aromatic rings. The number of carbonyl (C=O) groups is 1. The second-order valence-electron chi connectivity index (χ2n) is 1.33. The molecule has 0 aromatic heterocycles. The van der Waals surface area contributed by atoms with Crippen LogP contribution in [0.4, 0.5) is 0 Å². The summed E-state index contributed by atoms with van der Waals surface area (Å²) in [6.45, 7) is 0.348. The molecule has 0 saturated heterocycles. The number of hydrazine groups is 1. The Kier molecular flexibility index (Phi) is 5.09. The number of nitrogens with one attached hydrogen (secondary N) is 1. The molecule has 5 nitrogen and oxygen atoms in total. The van der Waals surface area contributed by atoms with Crippen LogP contribution in [-0.4, -0.2) is 19.7 Å².